The molecule has 0 aliphatic heterocycles. The fourth-order valence-corrected chi connectivity index (χ4v) is 1.39. The molecule has 2 rings (SSSR count). The van der Waals surface area contributed by atoms with E-state index >= 15 is 0 Å². The highest BCUT2D eigenvalue weighted by atomic mass is 16.3. The van der Waals surface area contributed by atoms with Crippen molar-refractivity contribution >= 4 is 5.91 Å². The number of hydrogen-bond acceptors (Lipinski definition) is 3. The zero-order valence-electron chi connectivity index (χ0n) is 9.23. The Hall–Kier alpha value is -2.04. The van der Waals surface area contributed by atoms with Crippen LogP contribution in [0.3, 0.4) is 0 Å². The predicted molar refractivity (Wildman–Crippen MR) is 57.8 cm³/mol. The summed E-state index contributed by atoms with van der Waals surface area (Å²) in [6.07, 6.45) is 3.22. The molecule has 0 aliphatic rings. The van der Waals surface area contributed by atoms with Gasteiger partial charge in [-0.15, -0.1) is 0 Å². The van der Waals surface area contributed by atoms with Crippen LogP contribution in [0, 0.1) is 6.92 Å². The van der Waals surface area contributed by atoms with Gasteiger partial charge in [0, 0.05) is 24.8 Å². The second-order valence-electron chi connectivity index (χ2n) is 3.54. The number of aromatic nitrogens is 2. The Balaban J connectivity index is 1.98. The van der Waals surface area contributed by atoms with Gasteiger partial charge in [0.2, 0.25) is 0 Å². The fourth-order valence-electron chi connectivity index (χ4n) is 1.39. The van der Waals surface area contributed by atoms with Crippen molar-refractivity contribution in [1.82, 2.24) is 15.1 Å². The van der Waals surface area contributed by atoms with Crippen LogP contribution in [0.1, 0.15) is 21.8 Å². The molecular weight excluding hydrogens is 206 g/mol. The summed E-state index contributed by atoms with van der Waals surface area (Å²) in [5.74, 6) is 0.106. The molecule has 1 N–H and O–H groups in total. The van der Waals surface area contributed by atoms with Crippen molar-refractivity contribution in [2.24, 2.45) is 7.05 Å². The van der Waals surface area contributed by atoms with E-state index in [-0.39, 0.29) is 5.91 Å². The molecule has 5 heteroatoms. The van der Waals surface area contributed by atoms with E-state index < -0.39 is 0 Å². The lowest BCUT2D eigenvalue weighted by atomic mass is 10.2. The van der Waals surface area contributed by atoms with Gasteiger partial charge in [0.15, 0.2) is 5.76 Å². The second-order valence-corrected chi connectivity index (χ2v) is 3.54. The quantitative estimate of drug-likeness (QED) is 0.845. The molecule has 5 nitrogen and oxygen atoms in total. The number of hydrogen-bond donors (Lipinski definition) is 1. The van der Waals surface area contributed by atoms with E-state index in [1.54, 1.807) is 23.0 Å². The van der Waals surface area contributed by atoms with Crippen LogP contribution in [0.25, 0.3) is 0 Å². The number of carbonyl (C=O) groups excluding carboxylic acids is 1. The number of carbonyl (C=O) groups is 1. The van der Waals surface area contributed by atoms with Gasteiger partial charge < -0.3 is 9.73 Å². The highest BCUT2D eigenvalue weighted by Crippen LogP contribution is 2.06. The largest absolute Gasteiger partial charge is 0.459 e. The Morgan fingerprint density at radius 1 is 1.62 bits per heavy atom. The summed E-state index contributed by atoms with van der Waals surface area (Å²) in [6, 6.07) is 3.32. The highest BCUT2D eigenvalue weighted by Gasteiger charge is 2.09. The van der Waals surface area contributed by atoms with E-state index in [9.17, 15) is 4.79 Å². The molecule has 16 heavy (non-hydrogen) atoms. The van der Waals surface area contributed by atoms with Crippen LogP contribution in [-0.4, -0.2) is 15.7 Å². The van der Waals surface area contributed by atoms with E-state index in [4.69, 9.17) is 4.42 Å². The number of rotatable bonds is 3. The summed E-state index contributed by atoms with van der Waals surface area (Å²) in [5, 5.41) is 6.87. The first kappa shape index (κ1) is 10.5. The minimum absolute atomic E-state index is 0.215. The van der Waals surface area contributed by atoms with Crippen molar-refractivity contribution in [2.75, 3.05) is 0 Å². The van der Waals surface area contributed by atoms with Gasteiger partial charge in [0.1, 0.15) is 0 Å². The van der Waals surface area contributed by atoms with Gasteiger partial charge in [-0.2, -0.15) is 5.10 Å². The van der Waals surface area contributed by atoms with Gasteiger partial charge in [-0.25, -0.2) is 0 Å². The summed E-state index contributed by atoms with van der Waals surface area (Å²) in [6.45, 7) is 2.42. The Bertz CT molecular complexity index is 485. The number of aryl methyl sites for hydroxylation is 1. The molecule has 2 aromatic heterocycles. The number of amides is 1. The maximum Gasteiger partial charge on any atom is 0.287 e. The smallest absolute Gasteiger partial charge is 0.287 e. The molecule has 0 atom stereocenters. The Morgan fingerprint density at radius 2 is 2.44 bits per heavy atom. The standard InChI is InChI=1S/C11H13N3O2/c1-8-9(7-13-14(8)2)6-12-11(15)10-4-3-5-16-10/h3-5,7H,6H2,1-2H3,(H,12,15). The van der Waals surface area contributed by atoms with E-state index in [0.29, 0.717) is 12.3 Å². The van der Waals surface area contributed by atoms with Crippen molar-refractivity contribution in [1.29, 1.82) is 0 Å². The zero-order chi connectivity index (χ0) is 11.5. The predicted octanol–water partition coefficient (Wildman–Crippen LogP) is 1.25. The van der Waals surface area contributed by atoms with E-state index in [2.05, 4.69) is 10.4 Å². The Kier molecular flexibility index (Phi) is 2.76. The maximum atomic E-state index is 11.6. The minimum atomic E-state index is -0.215. The van der Waals surface area contributed by atoms with Crippen molar-refractivity contribution in [3.63, 3.8) is 0 Å². The molecule has 0 unspecified atom stereocenters. The minimum Gasteiger partial charge on any atom is -0.459 e. The Morgan fingerprint density at radius 3 is 3.00 bits per heavy atom. The zero-order valence-corrected chi connectivity index (χ0v) is 9.23. The molecule has 1 amide bonds. The van der Waals surface area contributed by atoms with Crippen LogP contribution in [-0.2, 0) is 13.6 Å². The lowest BCUT2D eigenvalue weighted by Crippen LogP contribution is -2.22. The SMILES string of the molecule is Cc1c(CNC(=O)c2ccco2)cnn1C. The van der Waals surface area contributed by atoms with E-state index in [0.717, 1.165) is 11.3 Å². The summed E-state index contributed by atoms with van der Waals surface area (Å²) in [4.78, 5) is 11.6. The summed E-state index contributed by atoms with van der Waals surface area (Å²) >= 11 is 0. The summed E-state index contributed by atoms with van der Waals surface area (Å²) in [5.41, 5.74) is 2.04. The molecule has 0 aliphatic carbocycles. The van der Waals surface area contributed by atoms with Crippen molar-refractivity contribution in [3.8, 4) is 0 Å². The molecule has 2 aromatic rings. The summed E-state index contributed by atoms with van der Waals surface area (Å²) < 4.78 is 6.76. The first-order chi connectivity index (χ1) is 7.68. The first-order valence-electron chi connectivity index (χ1n) is 4.97. The monoisotopic (exact) mass is 219 g/mol. The number of furan rings is 1. The lowest BCUT2D eigenvalue weighted by molar-refractivity contribution is 0.0923. The van der Waals surface area contributed by atoms with Gasteiger partial charge >= 0.3 is 0 Å². The van der Waals surface area contributed by atoms with E-state index in [1.807, 2.05) is 14.0 Å². The van der Waals surface area contributed by atoms with Crippen LogP contribution >= 0.6 is 0 Å². The number of nitrogens with one attached hydrogen (secondary N) is 1. The molecule has 0 fully saturated rings. The van der Waals surface area contributed by atoms with Gasteiger partial charge in [0.05, 0.1) is 12.5 Å². The van der Waals surface area contributed by atoms with Crippen molar-refractivity contribution < 1.29 is 9.21 Å². The van der Waals surface area contributed by atoms with Crippen molar-refractivity contribution in [2.45, 2.75) is 13.5 Å². The first-order valence-corrected chi connectivity index (χ1v) is 4.97. The number of nitrogens with zero attached hydrogens (tertiary/aromatic N) is 2. The molecule has 0 saturated carbocycles. The topological polar surface area (TPSA) is 60.1 Å². The normalized spacial score (nSPS) is 10.4. The Labute approximate surface area is 93.1 Å². The molecule has 2 heterocycles. The fraction of sp³-hybridized carbons (Fsp3) is 0.273. The molecule has 0 radical (unpaired) electrons. The third-order valence-electron chi connectivity index (χ3n) is 2.52. The third kappa shape index (κ3) is 1.98. The molecule has 0 aromatic carbocycles. The lowest BCUT2D eigenvalue weighted by Gasteiger charge is -2.02. The third-order valence-corrected chi connectivity index (χ3v) is 2.52. The van der Waals surface area contributed by atoms with Gasteiger partial charge in [0.25, 0.3) is 5.91 Å². The average Bonchev–Trinajstić information content (AvgIpc) is 2.89. The summed E-state index contributed by atoms with van der Waals surface area (Å²) in [7, 11) is 1.87. The second kappa shape index (κ2) is 4.22. The molecule has 84 valence electrons. The van der Waals surface area contributed by atoms with Crippen molar-refractivity contribution in [3.05, 3.63) is 41.6 Å². The van der Waals surface area contributed by atoms with Gasteiger partial charge in [-0.3, -0.25) is 9.48 Å². The van der Waals surface area contributed by atoms with Gasteiger partial charge in [-0.05, 0) is 19.1 Å². The molecule has 0 saturated heterocycles. The maximum absolute atomic E-state index is 11.6. The van der Waals surface area contributed by atoms with Crippen LogP contribution in [0.2, 0.25) is 0 Å². The highest BCUT2D eigenvalue weighted by molar-refractivity contribution is 5.91. The average molecular weight is 219 g/mol. The van der Waals surface area contributed by atoms with E-state index in [1.165, 1.54) is 6.26 Å². The molecular formula is C11H13N3O2. The van der Waals surface area contributed by atoms with Crippen LogP contribution in [0.4, 0.5) is 0 Å². The van der Waals surface area contributed by atoms with Gasteiger partial charge in [-0.1, -0.05) is 0 Å². The van der Waals surface area contributed by atoms with Crippen LogP contribution in [0.5, 0.6) is 0 Å². The van der Waals surface area contributed by atoms with Crippen LogP contribution in [0.15, 0.2) is 29.0 Å². The molecule has 0 spiro atoms. The van der Waals surface area contributed by atoms with Crippen LogP contribution < -0.4 is 5.32 Å². The molecule has 0 bridgehead atoms.